The van der Waals surface area contributed by atoms with E-state index in [0.29, 0.717) is 23.3 Å². The van der Waals surface area contributed by atoms with Crippen molar-refractivity contribution in [2.75, 3.05) is 12.3 Å². The number of carbonyl (C=O) groups is 1. The predicted octanol–water partition coefficient (Wildman–Crippen LogP) is 2.84. The Morgan fingerprint density at radius 1 is 1.30 bits per heavy atom. The van der Waals surface area contributed by atoms with Crippen molar-refractivity contribution >= 4 is 34.9 Å². The number of rotatable bonds is 6. The first kappa shape index (κ1) is 15.3. The van der Waals surface area contributed by atoms with Crippen LogP contribution in [0.3, 0.4) is 0 Å². The Kier molecular flexibility index (Phi) is 5.86. The molecule has 1 aliphatic carbocycles. The van der Waals surface area contributed by atoms with Gasteiger partial charge in [-0.1, -0.05) is 43.3 Å². The van der Waals surface area contributed by atoms with Crippen LogP contribution in [-0.4, -0.2) is 34.1 Å². The Balaban J connectivity index is 1.93. The van der Waals surface area contributed by atoms with Gasteiger partial charge >= 0.3 is 0 Å². The maximum atomic E-state index is 12.4. The maximum Gasteiger partial charge on any atom is 0.233 e. The first-order valence-corrected chi connectivity index (χ1v) is 8.32. The molecule has 0 saturated heterocycles. The van der Waals surface area contributed by atoms with Gasteiger partial charge in [0.1, 0.15) is 0 Å². The van der Waals surface area contributed by atoms with Crippen LogP contribution in [0.25, 0.3) is 0 Å². The molecule has 0 atom stereocenters. The summed E-state index contributed by atoms with van der Waals surface area (Å²) in [4.78, 5) is 15.8. The Labute approximate surface area is 129 Å². The lowest BCUT2D eigenvalue weighted by Crippen LogP contribution is -2.44. The molecule has 1 aliphatic rings. The Morgan fingerprint density at radius 3 is 2.55 bits per heavy atom. The lowest BCUT2D eigenvalue weighted by atomic mass is 10.2. The molecule has 5 heteroatoms. The second-order valence-electron chi connectivity index (χ2n) is 5.03. The van der Waals surface area contributed by atoms with Gasteiger partial charge < -0.3 is 10.6 Å². The molecule has 1 saturated carbocycles. The van der Waals surface area contributed by atoms with Crippen molar-refractivity contribution < 1.29 is 4.79 Å². The molecular formula is C15H20N2OS2. The lowest BCUT2D eigenvalue weighted by Gasteiger charge is -2.28. The molecule has 2 N–H and O–H groups in total. The molecule has 20 heavy (non-hydrogen) atoms. The summed E-state index contributed by atoms with van der Waals surface area (Å²) in [6, 6.07) is 10.3. The van der Waals surface area contributed by atoms with Gasteiger partial charge in [-0.2, -0.15) is 0 Å². The molecule has 0 unspecified atom stereocenters. The molecule has 3 nitrogen and oxygen atoms in total. The fourth-order valence-electron chi connectivity index (χ4n) is 2.55. The van der Waals surface area contributed by atoms with Gasteiger partial charge in [-0.25, -0.2) is 0 Å². The second kappa shape index (κ2) is 7.64. The van der Waals surface area contributed by atoms with E-state index in [4.69, 9.17) is 18.0 Å². The van der Waals surface area contributed by atoms with E-state index < -0.39 is 0 Å². The van der Waals surface area contributed by atoms with Crippen LogP contribution < -0.4 is 5.73 Å². The third-order valence-electron chi connectivity index (χ3n) is 3.52. The van der Waals surface area contributed by atoms with Gasteiger partial charge in [0, 0.05) is 10.9 Å². The summed E-state index contributed by atoms with van der Waals surface area (Å²) in [5, 5.41) is 0. The second-order valence-corrected chi connectivity index (χ2v) is 6.60. The van der Waals surface area contributed by atoms with Crippen molar-refractivity contribution in [3.8, 4) is 0 Å². The van der Waals surface area contributed by atoms with E-state index >= 15 is 0 Å². The number of carbonyl (C=O) groups excluding carboxylic acids is 1. The normalized spacial score (nSPS) is 15.2. The Bertz CT molecular complexity index is 458. The van der Waals surface area contributed by atoms with Crippen molar-refractivity contribution in [2.24, 2.45) is 5.73 Å². The van der Waals surface area contributed by atoms with E-state index in [2.05, 4.69) is 0 Å². The molecule has 1 fully saturated rings. The molecule has 1 aromatic rings. The third-order valence-corrected chi connectivity index (χ3v) is 4.64. The SMILES string of the molecule is NC(=S)CN(C(=O)CSc1ccccc1)C1CCCC1. The molecule has 0 spiro atoms. The van der Waals surface area contributed by atoms with Crippen LogP contribution in [0.4, 0.5) is 0 Å². The summed E-state index contributed by atoms with van der Waals surface area (Å²) < 4.78 is 0. The van der Waals surface area contributed by atoms with E-state index in [1.807, 2.05) is 35.2 Å². The monoisotopic (exact) mass is 308 g/mol. The number of nitrogens with zero attached hydrogens (tertiary/aromatic N) is 1. The number of hydrogen-bond donors (Lipinski definition) is 1. The zero-order chi connectivity index (χ0) is 14.4. The predicted molar refractivity (Wildman–Crippen MR) is 87.9 cm³/mol. The summed E-state index contributed by atoms with van der Waals surface area (Å²) in [6.07, 6.45) is 4.53. The first-order chi connectivity index (χ1) is 9.66. The number of thiocarbonyl (C=S) groups is 1. The molecular weight excluding hydrogens is 288 g/mol. The molecule has 0 bridgehead atoms. The van der Waals surface area contributed by atoms with Crippen molar-refractivity contribution in [3.05, 3.63) is 30.3 Å². The topological polar surface area (TPSA) is 46.3 Å². The van der Waals surface area contributed by atoms with Crippen molar-refractivity contribution in [1.82, 2.24) is 4.90 Å². The third kappa shape index (κ3) is 4.49. The highest BCUT2D eigenvalue weighted by atomic mass is 32.2. The van der Waals surface area contributed by atoms with Crippen LogP contribution in [0.5, 0.6) is 0 Å². The highest BCUT2D eigenvalue weighted by Crippen LogP contribution is 2.25. The number of thioether (sulfide) groups is 1. The number of hydrogen-bond acceptors (Lipinski definition) is 3. The quantitative estimate of drug-likeness (QED) is 0.648. The van der Waals surface area contributed by atoms with Gasteiger partial charge in [0.05, 0.1) is 17.3 Å². The van der Waals surface area contributed by atoms with Crippen molar-refractivity contribution in [2.45, 2.75) is 36.6 Å². The minimum atomic E-state index is 0.138. The largest absolute Gasteiger partial charge is 0.392 e. The molecule has 1 amide bonds. The van der Waals surface area contributed by atoms with E-state index in [9.17, 15) is 4.79 Å². The fraction of sp³-hybridized carbons (Fsp3) is 0.467. The van der Waals surface area contributed by atoms with E-state index in [0.717, 1.165) is 17.7 Å². The summed E-state index contributed by atoms with van der Waals surface area (Å²) >= 11 is 6.55. The van der Waals surface area contributed by atoms with Crippen LogP contribution in [0.2, 0.25) is 0 Å². The molecule has 2 rings (SSSR count). The Morgan fingerprint density at radius 2 is 1.95 bits per heavy atom. The summed E-state index contributed by atoms with van der Waals surface area (Å²) in [7, 11) is 0. The first-order valence-electron chi connectivity index (χ1n) is 6.92. The number of amides is 1. The molecule has 0 heterocycles. The van der Waals surface area contributed by atoms with Crippen LogP contribution in [0.1, 0.15) is 25.7 Å². The summed E-state index contributed by atoms with van der Waals surface area (Å²) in [5.74, 6) is 0.585. The van der Waals surface area contributed by atoms with Crippen LogP contribution >= 0.6 is 24.0 Å². The van der Waals surface area contributed by atoms with E-state index in [-0.39, 0.29) is 5.91 Å². The van der Waals surface area contributed by atoms with Crippen LogP contribution in [-0.2, 0) is 4.79 Å². The van der Waals surface area contributed by atoms with Gasteiger partial charge in [0.15, 0.2) is 0 Å². The molecule has 0 radical (unpaired) electrons. The van der Waals surface area contributed by atoms with Gasteiger partial charge in [0.25, 0.3) is 0 Å². The highest BCUT2D eigenvalue weighted by Gasteiger charge is 2.26. The molecule has 0 aromatic heterocycles. The minimum absolute atomic E-state index is 0.138. The standard InChI is InChI=1S/C15H20N2OS2/c16-14(19)10-17(12-6-4-5-7-12)15(18)11-20-13-8-2-1-3-9-13/h1-3,8-9,12H,4-7,10-11H2,(H2,16,19). The van der Waals surface area contributed by atoms with Gasteiger partial charge in [-0.3, -0.25) is 4.79 Å². The number of benzene rings is 1. The summed E-state index contributed by atoms with van der Waals surface area (Å²) in [5.41, 5.74) is 5.64. The van der Waals surface area contributed by atoms with E-state index in [1.54, 1.807) is 11.8 Å². The fourth-order valence-corrected chi connectivity index (χ4v) is 3.49. The lowest BCUT2D eigenvalue weighted by molar-refractivity contribution is -0.129. The average Bonchev–Trinajstić information content (AvgIpc) is 2.97. The van der Waals surface area contributed by atoms with Crippen molar-refractivity contribution in [1.29, 1.82) is 0 Å². The van der Waals surface area contributed by atoms with Crippen molar-refractivity contribution in [3.63, 3.8) is 0 Å². The zero-order valence-corrected chi connectivity index (χ0v) is 13.1. The molecule has 1 aromatic carbocycles. The zero-order valence-electron chi connectivity index (χ0n) is 11.5. The average molecular weight is 308 g/mol. The van der Waals surface area contributed by atoms with E-state index in [1.165, 1.54) is 12.8 Å². The van der Waals surface area contributed by atoms with Crippen LogP contribution in [0, 0.1) is 0 Å². The molecule has 0 aliphatic heterocycles. The van der Waals surface area contributed by atoms with Gasteiger partial charge in [-0.05, 0) is 25.0 Å². The molecule has 108 valence electrons. The Hall–Kier alpha value is -1.07. The smallest absolute Gasteiger partial charge is 0.233 e. The number of nitrogens with two attached hydrogens (primary N) is 1. The summed E-state index contributed by atoms with van der Waals surface area (Å²) in [6.45, 7) is 0.411. The minimum Gasteiger partial charge on any atom is -0.392 e. The van der Waals surface area contributed by atoms with Gasteiger partial charge in [-0.15, -0.1) is 11.8 Å². The van der Waals surface area contributed by atoms with Crippen LogP contribution in [0.15, 0.2) is 35.2 Å². The highest BCUT2D eigenvalue weighted by molar-refractivity contribution is 8.00. The van der Waals surface area contributed by atoms with Gasteiger partial charge in [0.2, 0.25) is 5.91 Å². The maximum absolute atomic E-state index is 12.4.